The number of likely N-dealkylation sites (N-methyl/N-ethyl adjacent to an activating group) is 2. The van der Waals surface area contributed by atoms with Gasteiger partial charge in [-0.05, 0) is 7.05 Å². The van der Waals surface area contributed by atoms with Crippen molar-refractivity contribution < 1.29 is 9.59 Å². The molecular weight excluding hydrogens is 170 g/mol. The fourth-order valence-corrected chi connectivity index (χ4v) is 0.805. The van der Waals surface area contributed by atoms with E-state index in [4.69, 9.17) is 0 Å². The van der Waals surface area contributed by atoms with Crippen LogP contribution in [-0.2, 0) is 9.59 Å². The molecule has 0 saturated heterocycles. The first kappa shape index (κ1) is 11.9. The minimum absolute atomic E-state index is 0.0297. The molecule has 0 heterocycles. The third kappa shape index (κ3) is 5.19. The predicted molar refractivity (Wildman–Crippen MR) is 50.2 cm³/mol. The standard InChI is InChI=1S/C8H17N3O2/c1-9-5-4-8(13)11(3)6-7(12)10-2/h9H,4-6H2,1-3H3,(H,10,12). The summed E-state index contributed by atoms with van der Waals surface area (Å²) in [5.41, 5.74) is 0. The summed E-state index contributed by atoms with van der Waals surface area (Å²) in [6.45, 7) is 0.760. The minimum atomic E-state index is -0.152. The van der Waals surface area contributed by atoms with E-state index in [1.807, 2.05) is 0 Å². The highest BCUT2D eigenvalue weighted by Crippen LogP contribution is 1.88. The number of carbonyl (C=O) groups excluding carboxylic acids is 2. The van der Waals surface area contributed by atoms with Crippen LogP contribution in [-0.4, -0.2) is 50.9 Å². The second-order valence-corrected chi connectivity index (χ2v) is 2.78. The third-order valence-electron chi connectivity index (χ3n) is 1.67. The Morgan fingerprint density at radius 3 is 2.38 bits per heavy atom. The molecule has 0 unspecified atom stereocenters. The van der Waals surface area contributed by atoms with Crippen molar-refractivity contribution in [3.8, 4) is 0 Å². The summed E-state index contributed by atoms with van der Waals surface area (Å²) in [7, 11) is 4.95. The Morgan fingerprint density at radius 1 is 1.31 bits per heavy atom. The topological polar surface area (TPSA) is 61.4 Å². The third-order valence-corrected chi connectivity index (χ3v) is 1.67. The van der Waals surface area contributed by atoms with Crippen LogP contribution in [0.3, 0.4) is 0 Å². The van der Waals surface area contributed by atoms with Gasteiger partial charge in [-0.1, -0.05) is 0 Å². The van der Waals surface area contributed by atoms with Crippen molar-refractivity contribution in [1.29, 1.82) is 0 Å². The molecule has 2 amide bonds. The normalized spacial score (nSPS) is 9.46. The minimum Gasteiger partial charge on any atom is -0.358 e. The van der Waals surface area contributed by atoms with Gasteiger partial charge in [-0.25, -0.2) is 0 Å². The van der Waals surface area contributed by atoms with Crippen LogP contribution < -0.4 is 10.6 Å². The van der Waals surface area contributed by atoms with Gasteiger partial charge in [0.05, 0.1) is 6.54 Å². The number of hydrogen-bond donors (Lipinski definition) is 2. The van der Waals surface area contributed by atoms with E-state index in [1.54, 1.807) is 21.1 Å². The van der Waals surface area contributed by atoms with Crippen molar-refractivity contribution in [2.45, 2.75) is 6.42 Å². The second-order valence-electron chi connectivity index (χ2n) is 2.78. The number of amides is 2. The van der Waals surface area contributed by atoms with E-state index in [-0.39, 0.29) is 18.4 Å². The monoisotopic (exact) mass is 187 g/mol. The Bertz CT molecular complexity index is 182. The molecule has 0 radical (unpaired) electrons. The fraction of sp³-hybridized carbons (Fsp3) is 0.750. The van der Waals surface area contributed by atoms with Gasteiger partial charge in [0.25, 0.3) is 0 Å². The molecule has 76 valence electrons. The molecule has 5 heteroatoms. The zero-order valence-electron chi connectivity index (χ0n) is 8.39. The molecule has 5 nitrogen and oxygen atoms in total. The second kappa shape index (κ2) is 6.42. The van der Waals surface area contributed by atoms with Crippen molar-refractivity contribution in [1.82, 2.24) is 15.5 Å². The number of nitrogens with zero attached hydrogens (tertiary/aromatic N) is 1. The van der Waals surface area contributed by atoms with Gasteiger partial charge in [0.2, 0.25) is 11.8 Å². The van der Waals surface area contributed by atoms with E-state index in [2.05, 4.69) is 10.6 Å². The molecule has 0 aromatic carbocycles. The Labute approximate surface area is 78.5 Å². The molecule has 2 N–H and O–H groups in total. The maximum atomic E-state index is 11.3. The predicted octanol–water partition coefficient (Wildman–Crippen LogP) is -1.20. The lowest BCUT2D eigenvalue weighted by Gasteiger charge is -2.15. The van der Waals surface area contributed by atoms with Gasteiger partial charge in [0.15, 0.2) is 0 Å². The van der Waals surface area contributed by atoms with E-state index >= 15 is 0 Å². The highest BCUT2D eigenvalue weighted by molar-refractivity contribution is 5.84. The zero-order chi connectivity index (χ0) is 10.3. The zero-order valence-corrected chi connectivity index (χ0v) is 8.39. The molecule has 0 rings (SSSR count). The van der Waals surface area contributed by atoms with E-state index in [1.165, 1.54) is 4.90 Å². The average Bonchev–Trinajstić information content (AvgIpc) is 2.13. The molecule has 0 spiro atoms. The van der Waals surface area contributed by atoms with Crippen LogP contribution in [0.1, 0.15) is 6.42 Å². The van der Waals surface area contributed by atoms with Crippen LogP contribution in [0, 0.1) is 0 Å². The van der Waals surface area contributed by atoms with E-state index < -0.39 is 0 Å². The van der Waals surface area contributed by atoms with Crippen LogP contribution >= 0.6 is 0 Å². The van der Waals surface area contributed by atoms with Crippen molar-refractivity contribution >= 4 is 11.8 Å². The number of hydrogen-bond acceptors (Lipinski definition) is 3. The summed E-state index contributed by atoms with van der Waals surface area (Å²) in [5.74, 6) is -0.182. The summed E-state index contributed by atoms with van der Waals surface area (Å²) < 4.78 is 0. The maximum absolute atomic E-state index is 11.3. The van der Waals surface area contributed by atoms with Crippen molar-refractivity contribution in [2.24, 2.45) is 0 Å². The molecule has 0 bridgehead atoms. The molecule has 0 aromatic rings. The molecular formula is C8H17N3O2. The maximum Gasteiger partial charge on any atom is 0.239 e. The lowest BCUT2D eigenvalue weighted by molar-refractivity contribution is -0.134. The highest BCUT2D eigenvalue weighted by Gasteiger charge is 2.10. The largest absolute Gasteiger partial charge is 0.358 e. The molecule has 0 fully saturated rings. The van der Waals surface area contributed by atoms with Gasteiger partial charge >= 0.3 is 0 Å². The molecule has 13 heavy (non-hydrogen) atoms. The Hall–Kier alpha value is -1.10. The van der Waals surface area contributed by atoms with E-state index in [9.17, 15) is 9.59 Å². The Morgan fingerprint density at radius 2 is 1.92 bits per heavy atom. The lowest BCUT2D eigenvalue weighted by atomic mass is 10.3. The summed E-state index contributed by atoms with van der Waals surface area (Å²) in [6, 6.07) is 0. The first-order valence-corrected chi connectivity index (χ1v) is 4.21. The molecule has 0 aromatic heterocycles. The SMILES string of the molecule is CNCCC(=O)N(C)CC(=O)NC. The molecule has 0 atom stereocenters. The van der Waals surface area contributed by atoms with Crippen LogP contribution in [0.4, 0.5) is 0 Å². The number of carbonyl (C=O) groups is 2. The fourth-order valence-electron chi connectivity index (χ4n) is 0.805. The van der Waals surface area contributed by atoms with Gasteiger partial charge < -0.3 is 15.5 Å². The van der Waals surface area contributed by atoms with Gasteiger partial charge in [-0.15, -0.1) is 0 Å². The summed E-state index contributed by atoms with van der Waals surface area (Å²) in [6.07, 6.45) is 0.421. The molecule has 0 saturated carbocycles. The quantitative estimate of drug-likeness (QED) is 0.568. The average molecular weight is 187 g/mol. The van der Waals surface area contributed by atoms with Gasteiger partial charge in [0.1, 0.15) is 0 Å². The Balaban J connectivity index is 3.75. The summed E-state index contributed by atoms with van der Waals surface area (Å²) in [5, 5.41) is 5.33. The van der Waals surface area contributed by atoms with Crippen LogP contribution in [0.2, 0.25) is 0 Å². The Kier molecular flexibility index (Phi) is 5.88. The van der Waals surface area contributed by atoms with E-state index in [0.29, 0.717) is 13.0 Å². The van der Waals surface area contributed by atoms with Gasteiger partial charge in [-0.2, -0.15) is 0 Å². The van der Waals surface area contributed by atoms with Crippen molar-refractivity contribution in [2.75, 3.05) is 34.2 Å². The van der Waals surface area contributed by atoms with Gasteiger partial charge in [-0.3, -0.25) is 9.59 Å². The van der Waals surface area contributed by atoms with Crippen LogP contribution in [0.5, 0.6) is 0 Å². The first-order valence-electron chi connectivity index (χ1n) is 4.21. The van der Waals surface area contributed by atoms with Crippen LogP contribution in [0.15, 0.2) is 0 Å². The smallest absolute Gasteiger partial charge is 0.239 e. The molecule has 0 aliphatic heterocycles. The van der Waals surface area contributed by atoms with E-state index in [0.717, 1.165) is 0 Å². The van der Waals surface area contributed by atoms with Gasteiger partial charge in [0, 0.05) is 27.1 Å². The highest BCUT2D eigenvalue weighted by atomic mass is 16.2. The summed E-state index contributed by atoms with van der Waals surface area (Å²) in [4.78, 5) is 23.6. The summed E-state index contributed by atoms with van der Waals surface area (Å²) >= 11 is 0. The number of nitrogens with one attached hydrogen (secondary N) is 2. The number of rotatable bonds is 5. The lowest BCUT2D eigenvalue weighted by Crippen LogP contribution is -2.37. The molecule has 0 aliphatic rings. The first-order chi connectivity index (χ1) is 6.11. The van der Waals surface area contributed by atoms with Crippen molar-refractivity contribution in [3.63, 3.8) is 0 Å². The van der Waals surface area contributed by atoms with Crippen LogP contribution in [0.25, 0.3) is 0 Å². The van der Waals surface area contributed by atoms with Crippen molar-refractivity contribution in [3.05, 3.63) is 0 Å². The molecule has 0 aliphatic carbocycles.